The van der Waals surface area contributed by atoms with Gasteiger partial charge in [-0.3, -0.25) is 0 Å². The molecule has 0 aromatic carbocycles. The van der Waals surface area contributed by atoms with Crippen LogP contribution in [-0.4, -0.2) is 11.4 Å². The highest BCUT2D eigenvalue weighted by Gasteiger charge is 2.02. The number of rotatable bonds is 2. The van der Waals surface area contributed by atoms with E-state index in [4.69, 9.17) is 4.74 Å². The van der Waals surface area contributed by atoms with Crippen molar-refractivity contribution >= 4 is 15.9 Å². The van der Waals surface area contributed by atoms with Crippen LogP contribution in [-0.2, 0) is 4.74 Å². The fourth-order valence-corrected chi connectivity index (χ4v) is 1.15. The van der Waals surface area contributed by atoms with E-state index in [2.05, 4.69) is 22.0 Å². The maximum atomic E-state index is 5.22. The fourth-order valence-electron chi connectivity index (χ4n) is 0.697. The molecule has 1 atom stereocenters. The van der Waals surface area contributed by atoms with Crippen LogP contribution >= 0.6 is 15.9 Å². The van der Waals surface area contributed by atoms with Gasteiger partial charge in [0.25, 0.3) is 0 Å². The summed E-state index contributed by atoms with van der Waals surface area (Å²) in [4.78, 5) is 0. The highest BCUT2D eigenvalue weighted by molar-refractivity contribution is 9.09. The zero-order valence-corrected chi connectivity index (χ0v) is 6.67. The predicted molar refractivity (Wildman–Crippen MR) is 41.6 cm³/mol. The first kappa shape index (κ1) is 6.87. The van der Waals surface area contributed by atoms with Crippen molar-refractivity contribution in [3.8, 4) is 0 Å². The molecule has 1 heterocycles. The minimum atomic E-state index is 0.286. The number of alkyl halides is 1. The molecular weight excluding hydrogens is 180 g/mol. The Hall–Kier alpha value is -0.240. The van der Waals surface area contributed by atoms with E-state index in [1.165, 1.54) is 0 Å². The van der Waals surface area contributed by atoms with Gasteiger partial charge >= 0.3 is 0 Å². The third-order valence-electron chi connectivity index (χ3n) is 1.16. The summed E-state index contributed by atoms with van der Waals surface area (Å²) in [5.41, 5.74) is 0. The topological polar surface area (TPSA) is 9.23 Å². The fraction of sp³-hybridized carbons (Fsp3) is 0.429. The van der Waals surface area contributed by atoms with Gasteiger partial charge < -0.3 is 4.74 Å². The second-order valence-corrected chi connectivity index (χ2v) is 2.66. The van der Waals surface area contributed by atoms with Gasteiger partial charge in [0.2, 0.25) is 0 Å². The second kappa shape index (κ2) is 3.72. The van der Waals surface area contributed by atoms with E-state index in [-0.39, 0.29) is 6.10 Å². The third kappa shape index (κ3) is 2.22. The van der Waals surface area contributed by atoms with Gasteiger partial charge in [0.05, 0.1) is 6.26 Å². The number of hydrogen-bond acceptors (Lipinski definition) is 1. The molecule has 0 fully saturated rings. The normalized spacial score (nSPS) is 23.9. The molecule has 0 aromatic heterocycles. The van der Waals surface area contributed by atoms with Gasteiger partial charge in [0.1, 0.15) is 6.10 Å². The molecule has 0 amide bonds. The highest BCUT2D eigenvalue weighted by atomic mass is 79.9. The average molecular weight is 189 g/mol. The van der Waals surface area contributed by atoms with E-state index in [1.807, 2.05) is 12.2 Å². The summed E-state index contributed by atoms with van der Waals surface area (Å²) in [6, 6.07) is 0. The quantitative estimate of drug-likeness (QED) is 0.605. The summed E-state index contributed by atoms with van der Waals surface area (Å²) in [6.45, 7) is 0. The number of hydrogen-bond donors (Lipinski definition) is 0. The van der Waals surface area contributed by atoms with Crippen LogP contribution in [0.1, 0.15) is 6.42 Å². The Morgan fingerprint density at radius 3 is 2.89 bits per heavy atom. The molecule has 1 rings (SSSR count). The Morgan fingerprint density at radius 2 is 2.33 bits per heavy atom. The molecule has 1 aliphatic heterocycles. The van der Waals surface area contributed by atoms with Crippen LogP contribution in [0.3, 0.4) is 0 Å². The van der Waals surface area contributed by atoms with Crippen LogP contribution in [0.4, 0.5) is 0 Å². The first-order valence-electron chi connectivity index (χ1n) is 2.98. The van der Waals surface area contributed by atoms with Crippen molar-refractivity contribution in [3.05, 3.63) is 24.5 Å². The van der Waals surface area contributed by atoms with Crippen molar-refractivity contribution in [3.63, 3.8) is 0 Å². The Kier molecular flexibility index (Phi) is 2.84. The monoisotopic (exact) mass is 188 g/mol. The van der Waals surface area contributed by atoms with Crippen LogP contribution in [0, 0.1) is 0 Å². The largest absolute Gasteiger partial charge is 0.494 e. The molecule has 0 aromatic rings. The molecular formula is C7H9BrO. The van der Waals surface area contributed by atoms with Crippen LogP contribution < -0.4 is 0 Å². The Bertz CT molecular complexity index is 129. The summed E-state index contributed by atoms with van der Waals surface area (Å²) in [7, 11) is 0. The third-order valence-corrected chi connectivity index (χ3v) is 1.62. The second-order valence-electron chi connectivity index (χ2n) is 1.87. The minimum Gasteiger partial charge on any atom is -0.494 e. The van der Waals surface area contributed by atoms with E-state index >= 15 is 0 Å². The lowest BCUT2D eigenvalue weighted by atomic mass is 10.2. The predicted octanol–water partition coefficient (Wildman–Crippen LogP) is 2.24. The first-order chi connectivity index (χ1) is 4.43. The lowest BCUT2D eigenvalue weighted by Gasteiger charge is -2.12. The number of ether oxygens (including phenoxy) is 1. The summed E-state index contributed by atoms with van der Waals surface area (Å²) in [5.74, 6) is 0. The Labute approximate surface area is 63.5 Å². The molecule has 9 heavy (non-hydrogen) atoms. The summed E-state index contributed by atoms with van der Waals surface area (Å²) >= 11 is 3.35. The van der Waals surface area contributed by atoms with Crippen LogP contribution in [0.25, 0.3) is 0 Å². The summed E-state index contributed by atoms with van der Waals surface area (Å²) in [5, 5.41) is 0.996. The van der Waals surface area contributed by atoms with Gasteiger partial charge in [-0.25, -0.2) is 0 Å². The van der Waals surface area contributed by atoms with Gasteiger partial charge in [0.15, 0.2) is 0 Å². The van der Waals surface area contributed by atoms with Crippen LogP contribution in [0.2, 0.25) is 0 Å². The molecule has 0 saturated carbocycles. The molecule has 0 N–H and O–H groups in total. The standard InChI is InChI=1S/C7H9BrO/c8-5-4-7-3-1-2-6-9-7/h1-3,6-7H,4-5H2. The molecule has 0 aliphatic carbocycles. The van der Waals surface area contributed by atoms with Gasteiger partial charge in [-0.05, 0) is 18.6 Å². The minimum absolute atomic E-state index is 0.286. The number of allylic oxidation sites excluding steroid dienone is 2. The van der Waals surface area contributed by atoms with Gasteiger partial charge in [0, 0.05) is 5.33 Å². The molecule has 50 valence electrons. The summed E-state index contributed by atoms with van der Waals surface area (Å²) < 4.78 is 5.22. The van der Waals surface area contributed by atoms with Crippen molar-refractivity contribution in [2.75, 3.05) is 5.33 Å². The smallest absolute Gasteiger partial charge is 0.117 e. The SMILES string of the molecule is BrCCC1C=CC=CO1. The van der Waals surface area contributed by atoms with Crippen molar-refractivity contribution in [1.82, 2.24) is 0 Å². The molecule has 1 aliphatic rings. The van der Waals surface area contributed by atoms with Crippen molar-refractivity contribution in [2.24, 2.45) is 0 Å². The maximum absolute atomic E-state index is 5.22. The molecule has 0 spiro atoms. The summed E-state index contributed by atoms with van der Waals surface area (Å²) in [6.07, 6.45) is 9.02. The molecule has 1 unspecified atom stereocenters. The van der Waals surface area contributed by atoms with Crippen molar-refractivity contribution in [2.45, 2.75) is 12.5 Å². The zero-order chi connectivity index (χ0) is 6.53. The van der Waals surface area contributed by atoms with Gasteiger partial charge in [-0.1, -0.05) is 22.0 Å². The van der Waals surface area contributed by atoms with Crippen LogP contribution in [0.15, 0.2) is 24.5 Å². The molecule has 2 heteroatoms. The van der Waals surface area contributed by atoms with E-state index in [0.717, 1.165) is 11.8 Å². The van der Waals surface area contributed by atoms with Gasteiger partial charge in [-0.2, -0.15) is 0 Å². The highest BCUT2D eigenvalue weighted by Crippen LogP contribution is 2.07. The molecule has 0 radical (unpaired) electrons. The van der Waals surface area contributed by atoms with Gasteiger partial charge in [-0.15, -0.1) is 0 Å². The van der Waals surface area contributed by atoms with E-state index < -0.39 is 0 Å². The van der Waals surface area contributed by atoms with Crippen molar-refractivity contribution < 1.29 is 4.74 Å². The Balaban J connectivity index is 2.28. The average Bonchev–Trinajstić information content (AvgIpc) is 1.91. The Morgan fingerprint density at radius 1 is 1.44 bits per heavy atom. The lowest BCUT2D eigenvalue weighted by molar-refractivity contribution is 0.181. The molecule has 0 bridgehead atoms. The van der Waals surface area contributed by atoms with Crippen molar-refractivity contribution in [1.29, 1.82) is 0 Å². The molecule has 0 saturated heterocycles. The maximum Gasteiger partial charge on any atom is 0.117 e. The number of halogens is 1. The first-order valence-corrected chi connectivity index (χ1v) is 4.10. The van der Waals surface area contributed by atoms with E-state index in [0.29, 0.717) is 0 Å². The molecule has 1 nitrogen and oxygen atoms in total. The lowest BCUT2D eigenvalue weighted by Crippen LogP contribution is -2.07. The zero-order valence-electron chi connectivity index (χ0n) is 5.09. The van der Waals surface area contributed by atoms with E-state index in [9.17, 15) is 0 Å². The van der Waals surface area contributed by atoms with Crippen LogP contribution in [0.5, 0.6) is 0 Å². The van der Waals surface area contributed by atoms with E-state index in [1.54, 1.807) is 6.26 Å².